The van der Waals surface area contributed by atoms with Gasteiger partial charge < -0.3 is 10.1 Å². The van der Waals surface area contributed by atoms with Crippen LogP contribution in [-0.4, -0.2) is 6.61 Å². The first-order chi connectivity index (χ1) is 10.3. The van der Waals surface area contributed by atoms with E-state index in [0.717, 1.165) is 41.8 Å². The van der Waals surface area contributed by atoms with Crippen molar-refractivity contribution in [3.8, 4) is 5.75 Å². The number of hydrogen-bond acceptors (Lipinski definition) is 2. The van der Waals surface area contributed by atoms with Gasteiger partial charge in [-0.15, -0.1) is 0 Å². The quantitative estimate of drug-likeness (QED) is 0.858. The van der Waals surface area contributed by atoms with Crippen LogP contribution >= 0.6 is 0 Å². The molecule has 0 aliphatic heterocycles. The highest BCUT2D eigenvalue weighted by molar-refractivity contribution is 5.58. The third-order valence-electron chi connectivity index (χ3n) is 3.89. The Labute approximate surface area is 125 Å². The molecule has 2 aromatic rings. The zero-order valence-corrected chi connectivity index (χ0v) is 12.2. The van der Waals surface area contributed by atoms with Crippen molar-refractivity contribution in [3.05, 3.63) is 59.4 Å². The number of para-hydroxylation sites is 2. The molecule has 0 aromatic heterocycles. The Balaban J connectivity index is 1.82. The number of ether oxygens (including phenoxy) is 1. The van der Waals surface area contributed by atoms with Crippen molar-refractivity contribution in [2.75, 3.05) is 11.9 Å². The lowest BCUT2D eigenvalue weighted by Crippen LogP contribution is -2.09. The molecule has 0 heterocycles. The van der Waals surface area contributed by atoms with E-state index < -0.39 is 0 Å². The summed E-state index contributed by atoms with van der Waals surface area (Å²) >= 11 is 0. The van der Waals surface area contributed by atoms with E-state index in [4.69, 9.17) is 4.74 Å². The maximum absolute atomic E-state index is 13.8. The van der Waals surface area contributed by atoms with E-state index in [-0.39, 0.29) is 11.9 Å². The average molecular weight is 285 g/mol. The van der Waals surface area contributed by atoms with Gasteiger partial charge in [0.05, 0.1) is 18.3 Å². The van der Waals surface area contributed by atoms with Crippen molar-refractivity contribution in [1.82, 2.24) is 0 Å². The number of rotatable bonds is 5. The lowest BCUT2D eigenvalue weighted by Gasteiger charge is -2.18. The summed E-state index contributed by atoms with van der Waals surface area (Å²) in [7, 11) is 0. The summed E-state index contributed by atoms with van der Waals surface area (Å²) in [6, 6.07) is 13.4. The minimum atomic E-state index is -0.0904. The molecule has 2 nitrogen and oxygen atoms in total. The Bertz CT molecular complexity index is 626. The fraction of sp³-hybridized carbons (Fsp3) is 0.333. The molecule has 1 unspecified atom stereocenters. The molecule has 110 valence electrons. The molecule has 3 rings (SSSR count). The molecule has 1 aliphatic rings. The highest BCUT2D eigenvalue weighted by Gasteiger charge is 2.25. The Morgan fingerprint density at radius 2 is 2.05 bits per heavy atom. The van der Waals surface area contributed by atoms with Crippen molar-refractivity contribution in [2.45, 2.75) is 32.2 Å². The molecule has 3 heteroatoms. The molecule has 0 saturated heterocycles. The fourth-order valence-electron chi connectivity index (χ4n) is 2.87. The summed E-state index contributed by atoms with van der Waals surface area (Å²) in [6.45, 7) is 2.79. The molecular weight excluding hydrogens is 265 g/mol. The van der Waals surface area contributed by atoms with Crippen LogP contribution in [0.25, 0.3) is 0 Å². The van der Waals surface area contributed by atoms with E-state index in [2.05, 4.69) is 12.2 Å². The summed E-state index contributed by atoms with van der Waals surface area (Å²) < 4.78 is 19.6. The maximum atomic E-state index is 13.8. The van der Waals surface area contributed by atoms with Crippen molar-refractivity contribution >= 4 is 5.69 Å². The first-order valence-electron chi connectivity index (χ1n) is 7.55. The molecule has 0 radical (unpaired) electrons. The van der Waals surface area contributed by atoms with Crippen LogP contribution in [0.3, 0.4) is 0 Å². The number of nitrogens with one attached hydrogen (secondary N) is 1. The average Bonchev–Trinajstić information content (AvgIpc) is 2.91. The number of anilines is 1. The van der Waals surface area contributed by atoms with Crippen molar-refractivity contribution < 1.29 is 9.13 Å². The van der Waals surface area contributed by atoms with Crippen LogP contribution < -0.4 is 10.1 Å². The van der Waals surface area contributed by atoms with Crippen LogP contribution in [0.4, 0.5) is 10.1 Å². The van der Waals surface area contributed by atoms with Crippen molar-refractivity contribution in [2.24, 2.45) is 0 Å². The van der Waals surface area contributed by atoms with Crippen LogP contribution in [0.5, 0.6) is 5.75 Å². The van der Waals surface area contributed by atoms with Crippen LogP contribution in [0.2, 0.25) is 0 Å². The number of hydrogen-bond donors (Lipinski definition) is 1. The van der Waals surface area contributed by atoms with Gasteiger partial charge in [-0.3, -0.25) is 0 Å². The Morgan fingerprint density at radius 1 is 1.19 bits per heavy atom. The fourth-order valence-corrected chi connectivity index (χ4v) is 2.87. The monoisotopic (exact) mass is 285 g/mol. The van der Waals surface area contributed by atoms with Gasteiger partial charge in [-0.05, 0) is 48.6 Å². The first kappa shape index (κ1) is 13.9. The predicted molar refractivity (Wildman–Crippen MR) is 83.3 cm³/mol. The van der Waals surface area contributed by atoms with Crippen LogP contribution in [0.15, 0.2) is 42.5 Å². The van der Waals surface area contributed by atoms with Crippen molar-refractivity contribution in [3.63, 3.8) is 0 Å². The third kappa shape index (κ3) is 2.87. The molecule has 0 amide bonds. The Kier molecular flexibility index (Phi) is 4.09. The highest BCUT2D eigenvalue weighted by Crippen LogP contribution is 2.37. The maximum Gasteiger partial charge on any atom is 0.142 e. The topological polar surface area (TPSA) is 21.3 Å². The minimum Gasteiger partial charge on any atom is -0.491 e. The third-order valence-corrected chi connectivity index (χ3v) is 3.89. The van der Waals surface area contributed by atoms with E-state index in [1.165, 1.54) is 0 Å². The van der Waals surface area contributed by atoms with Crippen LogP contribution in [-0.2, 0) is 6.42 Å². The molecule has 1 N–H and O–H groups in total. The second-order valence-electron chi connectivity index (χ2n) is 5.39. The van der Waals surface area contributed by atoms with Gasteiger partial charge in [-0.1, -0.05) is 31.2 Å². The molecule has 2 aromatic carbocycles. The smallest absolute Gasteiger partial charge is 0.142 e. The molecule has 0 saturated carbocycles. The number of fused-ring (bicyclic) bond motifs is 1. The predicted octanol–water partition coefficient (Wildman–Crippen LogP) is 4.71. The van der Waals surface area contributed by atoms with Gasteiger partial charge in [-0.25, -0.2) is 4.39 Å². The summed E-state index contributed by atoms with van der Waals surface area (Å²) in [5, 5.41) is 3.51. The van der Waals surface area contributed by atoms with Gasteiger partial charge in [0, 0.05) is 0 Å². The van der Waals surface area contributed by atoms with Gasteiger partial charge in [0.2, 0.25) is 0 Å². The zero-order valence-electron chi connectivity index (χ0n) is 12.2. The van der Waals surface area contributed by atoms with Gasteiger partial charge >= 0.3 is 0 Å². The van der Waals surface area contributed by atoms with Crippen LogP contribution in [0, 0.1) is 5.82 Å². The summed E-state index contributed by atoms with van der Waals surface area (Å²) in [6.07, 6.45) is 2.68. The van der Waals surface area contributed by atoms with E-state index in [9.17, 15) is 4.39 Å². The number of benzene rings is 2. The van der Waals surface area contributed by atoms with Gasteiger partial charge in [0.15, 0.2) is 0 Å². The van der Waals surface area contributed by atoms with E-state index in [0.29, 0.717) is 6.61 Å². The summed E-state index contributed by atoms with van der Waals surface area (Å²) in [5.41, 5.74) is 2.90. The van der Waals surface area contributed by atoms with E-state index in [1.807, 2.05) is 30.3 Å². The molecule has 21 heavy (non-hydrogen) atoms. The lowest BCUT2D eigenvalue weighted by molar-refractivity contribution is 0.318. The van der Waals surface area contributed by atoms with E-state index in [1.54, 1.807) is 12.1 Å². The Hall–Kier alpha value is -2.03. The molecule has 0 fully saturated rings. The van der Waals surface area contributed by atoms with Crippen LogP contribution in [0.1, 0.15) is 36.9 Å². The molecular formula is C18H20FNO. The summed E-state index contributed by atoms with van der Waals surface area (Å²) in [4.78, 5) is 0. The molecule has 1 aliphatic carbocycles. The molecule has 0 spiro atoms. The molecule has 1 atom stereocenters. The Morgan fingerprint density at radius 3 is 2.90 bits per heavy atom. The standard InChI is InChI=1S/C18H20FNO/c1-2-12-21-18-9-4-3-8-17(18)20-16-11-10-13-14(16)6-5-7-15(13)19/h3-9,16,20H,2,10-12H2,1H3. The second-order valence-corrected chi connectivity index (χ2v) is 5.39. The minimum absolute atomic E-state index is 0.0904. The number of halogens is 1. The molecule has 0 bridgehead atoms. The normalized spacial score (nSPS) is 16.6. The van der Waals surface area contributed by atoms with E-state index >= 15 is 0 Å². The largest absolute Gasteiger partial charge is 0.491 e. The first-order valence-corrected chi connectivity index (χ1v) is 7.55. The van der Waals surface area contributed by atoms with Gasteiger partial charge in [0.25, 0.3) is 0 Å². The zero-order chi connectivity index (χ0) is 14.7. The highest BCUT2D eigenvalue weighted by atomic mass is 19.1. The van der Waals surface area contributed by atoms with Gasteiger partial charge in [0.1, 0.15) is 11.6 Å². The van der Waals surface area contributed by atoms with Crippen molar-refractivity contribution in [1.29, 1.82) is 0 Å². The SMILES string of the molecule is CCCOc1ccccc1NC1CCc2c(F)cccc21. The van der Waals surface area contributed by atoms with Gasteiger partial charge in [-0.2, -0.15) is 0 Å². The lowest BCUT2D eigenvalue weighted by atomic mass is 10.1. The second kappa shape index (κ2) is 6.17. The summed E-state index contributed by atoms with van der Waals surface area (Å²) in [5.74, 6) is 0.775.